The van der Waals surface area contributed by atoms with Gasteiger partial charge in [-0.05, 0) is 76.6 Å². The zero-order valence-electron chi connectivity index (χ0n) is 21.6. The Morgan fingerprint density at radius 3 is 2.37 bits per heavy atom. The highest BCUT2D eigenvalue weighted by Crippen LogP contribution is 2.52. The third-order valence-corrected chi connectivity index (χ3v) is 8.22. The predicted octanol–water partition coefficient (Wildman–Crippen LogP) is 3.41. The number of hydrogen-bond donors (Lipinski definition) is 1. The normalized spacial score (nSPS) is 24.8. The van der Waals surface area contributed by atoms with Crippen molar-refractivity contribution < 1.29 is 9.59 Å². The van der Waals surface area contributed by atoms with Gasteiger partial charge in [0.05, 0.1) is 5.41 Å². The van der Waals surface area contributed by atoms with Crippen LogP contribution in [0.15, 0.2) is 49.1 Å². The number of benzene rings is 1. The van der Waals surface area contributed by atoms with Crippen molar-refractivity contribution in [2.45, 2.75) is 57.9 Å². The van der Waals surface area contributed by atoms with Crippen LogP contribution in [0.5, 0.6) is 0 Å². The lowest BCUT2D eigenvalue weighted by Gasteiger charge is -2.49. The molecule has 35 heavy (non-hydrogen) atoms. The molecule has 2 amide bonds. The Hall–Kier alpha value is -2.80. The van der Waals surface area contributed by atoms with Crippen LogP contribution in [-0.2, 0) is 21.5 Å². The molecule has 1 aromatic heterocycles. The second-order valence-electron chi connectivity index (χ2n) is 11.4. The highest BCUT2D eigenvalue weighted by Gasteiger charge is 2.51. The largest absolute Gasteiger partial charge is 0.355 e. The number of hydrogen-bond acceptors (Lipinski definition) is 5. The standard InChI is InChI=1S/C28H39N5O2/c1-26(2,25(35)31-15-10-22-17-29-21-30-18-22)19-33-20-27(16-24(33)34)11-13-28(14-12-27,32(3)4)23-8-6-5-7-9-23/h5-9,17-18,21H,10-16,19-20H2,1-4H3,(H,31,35). The summed E-state index contributed by atoms with van der Waals surface area (Å²) in [5.41, 5.74) is 1.74. The van der Waals surface area contributed by atoms with Gasteiger partial charge in [-0.1, -0.05) is 30.3 Å². The van der Waals surface area contributed by atoms with Crippen molar-refractivity contribution in [1.29, 1.82) is 0 Å². The molecule has 7 nitrogen and oxygen atoms in total. The van der Waals surface area contributed by atoms with E-state index in [2.05, 4.69) is 64.6 Å². The van der Waals surface area contributed by atoms with Crippen molar-refractivity contribution in [3.63, 3.8) is 0 Å². The van der Waals surface area contributed by atoms with Crippen molar-refractivity contribution in [2.24, 2.45) is 10.8 Å². The molecule has 0 radical (unpaired) electrons. The Morgan fingerprint density at radius 2 is 1.74 bits per heavy atom. The number of likely N-dealkylation sites (tertiary alicyclic amines) is 1. The quantitative estimate of drug-likeness (QED) is 0.630. The van der Waals surface area contributed by atoms with E-state index in [1.165, 1.54) is 11.9 Å². The fourth-order valence-electron chi connectivity index (χ4n) is 5.96. The maximum atomic E-state index is 13.1. The minimum Gasteiger partial charge on any atom is -0.355 e. The number of aromatic nitrogens is 2. The second kappa shape index (κ2) is 10.1. The van der Waals surface area contributed by atoms with Crippen molar-refractivity contribution in [3.05, 3.63) is 60.2 Å². The predicted molar refractivity (Wildman–Crippen MR) is 136 cm³/mol. The van der Waals surface area contributed by atoms with Gasteiger partial charge < -0.3 is 10.2 Å². The monoisotopic (exact) mass is 477 g/mol. The second-order valence-corrected chi connectivity index (χ2v) is 11.4. The summed E-state index contributed by atoms with van der Waals surface area (Å²) in [6, 6.07) is 10.8. The first-order chi connectivity index (χ1) is 16.7. The van der Waals surface area contributed by atoms with Gasteiger partial charge in [-0.2, -0.15) is 0 Å². The molecule has 1 saturated carbocycles. The maximum Gasteiger partial charge on any atom is 0.227 e. The Balaban J connectivity index is 1.35. The van der Waals surface area contributed by atoms with Gasteiger partial charge in [0.15, 0.2) is 0 Å². The van der Waals surface area contributed by atoms with Gasteiger partial charge >= 0.3 is 0 Å². The Morgan fingerprint density at radius 1 is 1.09 bits per heavy atom. The fraction of sp³-hybridized carbons (Fsp3) is 0.571. The first-order valence-electron chi connectivity index (χ1n) is 12.7. The fourth-order valence-corrected chi connectivity index (χ4v) is 5.96. The van der Waals surface area contributed by atoms with Crippen LogP contribution in [0, 0.1) is 10.8 Å². The molecule has 0 unspecified atom stereocenters. The van der Waals surface area contributed by atoms with Crippen molar-refractivity contribution >= 4 is 11.8 Å². The van der Waals surface area contributed by atoms with Gasteiger partial charge in [0, 0.05) is 44.0 Å². The average molecular weight is 478 g/mol. The lowest BCUT2D eigenvalue weighted by atomic mass is 9.64. The number of carbonyl (C=O) groups is 2. The number of rotatable bonds is 8. The van der Waals surface area contributed by atoms with Gasteiger partial charge in [-0.15, -0.1) is 0 Å². The number of carbonyl (C=O) groups excluding carboxylic acids is 2. The molecule has 0 atom stereocenters. The van der Waals surface area contributed by atoms with Crippen LogP contribution in [0.3, 0.4) is 0 Å². The van der Waals surface area contributed by atoms with Crippen molar-refractivity contribution in [2.75, 3.05) is 33.7 Å². The first kappa shape index (κ1) is 25.3. The molecule has 2 heterocycles. The molecule has 188 valence electrons. The van der Waals surface area contributed by atoms with Crippen LogP contribution in [0.4, 0.5) is 0 Å². The molecule has 1 spiro atoms. The van der Waals surface area contributed by atoms with Crippen LogP contribution in [0.25, 0.3) is 0 Å². The molecule has 1 aromatic carbocycles. The Kier molecular flexibility index (Phi) is 7.27. The number of nitrogens with zero attached hydrogens (tertiary/aromatic N) is 4. The van der Waals surface area contributed by atoms with Crippen LogP contribution in [0.2, 0.25) is 0 Å². The van der Waals surface area contributed by atoms with Gasteiger partial charge in [0.2, 0.25) is 11.8 Å². The van der Waals surface area contributed by atoms with E-state index in [1.54, 1.807) is 12.4 Å². The molecule has 0 bridgehead atoms. The van der Waals surface area contributed by atoms with Crippen molar-refractivity contribution in [1.82, 2.24) is 25.1 Å². The SMILES string of the molecule is CN(C)C1(c2ccccc2)CCC2(CC1)CC(=O)N(CC(C)(C)C(=O)NCCc1cncnc1)C2. The maximum absolute atomic E-state index is 13.1. The lowest BCUT2D eigenvalue weighted by molar-refractivity contribution is -0.134. The summed E-state index contributed by atoms with van der Waals surface area (Å²) in [5.74, 6) is 0.159. The van der Waals surface area contributed by atoms with Crippen LogP contribution in [0.1, 0.15) is 57.1 Å². The van der Waals surface area contributed by atoms with Crippen LogP contribution >= 0.6 is 0 Å². The van der Waals surface area contributed by atoms with E-state index in [1.807, 2.05) is 18.7 Å². The molecule has 7 heteroatoms. The Bertz CT molecular complexity index is 1010. The molecular formula is C28H39N5O2. The minimum absolute atomic E-state index is 0.0191. The summed E-state index contributed by atoms with van der Waals surface area (Å²) >= 11 is 0. The summed E-state index contributed by atoms with van der Waals surface area (Å²) in [6.45, 7) is 5.59. The molecule has 1 saturated heterocycles. The third-order valence-electron chi connectivity index (χ3n) is 8.22. The van der Waals surface area contributed by atoms with Gasteiger partial charge in [0.1, 0.15) is 6.33 Å². The summed E-state index contributed by atoms with van der Waals surface area (Å²) in [5, 5.41) is 3.03. The first-order valence-corrected chi connectivity index (χ1v) is 12.7. The summed E-state index contributed by atoms with van der Waals surface area (Å²) < 4.78 is 0. The van der Waals surface area contributed by atoms with Gasteiger partial charge in [-0.3, -0.25) is 14.5 Å². The lowest BCUT2D eigenvalue weighted by Crippen LogP contribution is -2.48. The van der Waals surface area contributed by atoms with E-state index in [-0.39, 0.29) is 22.8 Å². The molecule has 4 rings (SSSR count). The van der Waals surface area contributed by atoms with Crippen LogP contribution in [-0.4, -0.2) is 65.3 Å². The zero-order chi connectivity index (χ0) is 25.1. The van der Waals surface area contributed by atoms with Gasteiger partial charge in [0.25, 0.3) is 0 Å². The smallest absolute Gasteiger partial charge is 0.227 e. The Labute approximate surface area is 209 Å². The third kappa shape index (κ3) is 5.40. The van der Waals surface area contributed by atoms with E-state index in [0.717, 1.165) is 37.8 Å². The summed E-state index contributed by atoms with van der Waals surface area (Å²) in [6.07, 6.45) is 10.4. The topological polar surface area (TPSA) is 78.4 Å². The number of nitrogens with one attached hydrogen (secondary N) is 1. The highest BCUT2D eigenvalue weighted by atomic mass is 16.2. The van der Waals surface area contributed by atoms with Gasteiger partial charge in [-0.25, -0.2) is 9.97 Å². The molecule has 1 aliphatic carbocycles. The van der Waals surface area contributed by atoms with Crippen LogP contribution < -0.4 is 5.32 Å². The van der Waals surface area contributed by atoms with E-state index in [0.29, 0.717) is 25.9 Å². The van der Waals surface area contributed by atoms with E-state index in [9.17, 15) is 9.59 Å². The number of amides is 2. The molecule has 1 aliphatic heterocycles. The average Bonchev–Trinajstić information content (AvgIpc) is 3.14. The highest BCUT2D eigenvalue weighted by molar-refractivity contribution is 5.84. The zero-order valence-corrected chi connectivity index (χ0v) is 21.6. The minimum atomic E-state index is -0.652. The summed E-state index contributed by atoms with van der Waals surface area (Å²) in [7, 11) is 4.34. The van der Waals surface area contributed by atoms with E-state index in [4.69, 9.17) is 0 Å². The molecule has 1 N–H and O–H groups in total. The summed E-state index contributed by atoms with van der Waals surface area (Å²) in [4.78, 5) is 38.4. The van der Waals surface area contributed by atoms with E-state index < -0.39 is 5.41 Å². The molecule has 2 aliphatic rings. The molecule has 2 fully saturated rings. The molecule has 2 aromatic rings. The van der Waals surface area contributed by atoms with E-state index >= 15 is 0 Å². The van der Waals surface area contributed by atoms with Crippen molar-refractivity contribution in [3.8, 4) is 0 Å². The molecular weight excluding hydrogens is 438 g/mol.